The maximum Gasteiger partial charge on any atom is 0.331 e. The van der Waals surface area contributed by atoms with Gasteiger partial charge in [-0.3, -0.25) is 4.79 Å². The lowest BCUT2D eigenvalue weighted by molar-refractivity contribution is -0.120. The molecule has 0 radical (unpaired) electrons. The van der Waals surface area contributed by atoms with Crippen molar-refractivity contribution >= 4 is 29.2 Å². The summed E-state index contributed by atoms with van der Waals surface area (Å²) in [4.78, 5) is 28.9. The Labute approximate surface area is 179 Å². The SMILES string of the molecule is CCOc1cc2c(cc1OCC)C1CC(=O)N(c3ccc(F)c(Cl)c3)C(=O)N1CC2. The maximum atomic E-state index is 13.5. The van der Waals surface area contributed by atoms with Gasteiger partial charge in [-0.15, -0.1) is 0 Å². The van der Waals surface area contributed by atoms with Crippen molar-refractivity contribution in [2.24, 2.45) is 0 Å². The minimum atomic E-state index is -0.601. The van der Waals surface area contributed by atoms with Crippen LogP contribution in [-0.4, -0.2) is 36.6 Å². The van der Waals surface area contributed by atoms with E-state index < -0.39 is 11.8 Å². The van der Waals surface area contributed by atoms with Crippen LogP contribution in [0.15, 0.2) is 30.3 Å². The van der Waals surface area contributed by atoms with E-state index in [-0.39, 0.29) is 29.1 Å². The summed E-state index contributed by atoms with van der Waals surface area (Å²) in [7, 11) is 0. The fraction of sp³-hybridized carbons (Fsp3) is 0.364. The smallest absolute Gasteiger partial charge is 0.331 e. The lowest BCUT2D eigenvalue weighted by Gasteiger charge is -2.43. The highest BCUT2D eigenvalue weighted by Crippen LogP contribution is 2.42. The molecule has 2 aliphatic rings. The Kier molecular flexibility index (Phi) is 5.56. The molecule has 1 fully saturated rings. The molecule has 1 saturated heterocycles. The first kappa shape index (κ1) is 20.5. The van der Waals surface area contributed by atoms with Crippen molar-refractivity contribution in [3.05, 3.63) is 52.3 Å². The third-order valence-electron chi connectivity index (χ3n) is 5.38. The highest BCUT2D eigenvalue weighted by atomic mass is 35.5. The third-order valence-corrected chi connectivity index (χ3v) is 5.67. The van der Waals surface area contributed by atoms with E-state index in [4.69, 9.17) is 21.1 Å². The van der Waals surface area contributed by atoms with Crippen molar-refractivity contribution in [3.63, 3.8) is 0 Å². The second kappa shape index (κ2) is 8.14. The van der Waals surface area contributed by atoms with Gasteiger partial charge in [0, 0.05) is 6.54 Å². The van der Waals surface area contributed by atoms with Crippen molar-refractivity contribution in [3.8, 4) is 11.5 Å². The van der Waals surface area contributed by atoms with E-state index in [0.29, 0.717) is 37.7 Å². The molecule has 158 valence electrons. The summed E-state index contributed by atoms with van der Waals surface area (Å²) in [5, 5.41) is -0.135. The van der Waals surface area contributed by atoms with Gasteiger partial charge >= 0.3 is 6.03 Å². The number of urea groups is 1. The summed E-state index contributed by atoms with van der Waals surface area (Å²) in [6.07, 6.45) is 0.754. The number of halogens is 2. The van der Waals surface area contributed by atoms with Gasteiger partial charge in [0.1, 0.15) is 5.82 Å². The first-order valence-corrected chi connectivity index (χ1v) is 10.3. The average molecular weight is 433 g/mol. The van der Waals surface area contributed by atoms with E-state index in [1.165, 1.54) is 12.1 Å². The summed E-state index contributed by atoms with van der Waals surface area (Å²) in [5.41, 5.74) is 2.20. The van der Waals surface area contributed by atoms with Crippen molar-refractivity contribution in [2.45, 2.75) is 32.7 Å². The summed E-state index contributed by atoms with van der Waals surface area (Å²) >= 11 is 5.86. The summed E-state index contributed by atoms with van der Waals surface area (Å²) in [5.74, 6) is 0.314. The molecule has 6 nitrogen and oxygen atoms in total. The molecular formula is C22H22ClFN2O4. The van der Waals surface area contributed by atoms with E-state index in [2.05, 4.69) is 0 Å². The first-order chi connectivity index (χ1) is 14.4. The largest absolute Gasteiger partial charge is 0.490 e. The summed E-state index contributed by atoms with van der Waals surface area (Å²) in [6.45, 7) is 5.26. The molecule has 2 aromatic carbocycles. The van der Waals surface area contributed by atoms with Gasteiger partial charge in [0.2, 0.25) is 5.91 Å². The van der Waals surface area contributed by atoms with Crippen LogP contribution in [0.3, 0.4) is 0 Å². The third kappa shape index (κ3) is 3.47. The Morgan fingerprint density at radius 2 is 1.80 bits per heavy atom. The van der Waals surface area contributed by atoms with Gasteiger partial charge in [-0.2, -0.15) is 0 Å². The van der Waals surface area contributed by atoms with Crippen LogP contribution in [0.2, 0.25) is 5.02 Å². The standard InChI is InChI=1S/C22H22ClFN2O4/c1-3-29-19-9-13-7-8-25-18(15(13)11-20(19)30-4-2)12-21(27)26(22(25)28)14-5-6-17(24)16(23)10-14/h5-6,9-11,18H,3-4,7-8,12H2,1-2H3. The number of benzene rings is 2. The number of ether oxygens (including phenoxy) is 2. The van der Waals surface area contributed by atoms with Gasteiger partial charge in [-0.05, 0) is 61.7 Å². The van der Waals surface area contributed by atoms with Crippen LogP contribution in [0.5, 0.6) is 11.5 Å². The maximum absolute atomic E-state index is 13.5. The highest BCUT2D eigenvalue weighted by Gasteiger charge is 2.43. The van der Waals surface area contributed by atoms with Crippen LogP contribution >= 0.6 is 11.6 Å². The van der Waals surface area contributed by atoms with E-state index in [1.807, 2.05) is 26.0 Å². The van der Waals surface area contributed by atoms with E-state index in [1.54, 1.807) is 4.90 Å². The number of anilines is 1. The molecule has 1 unspecified atom stereocenters. The van der Waals surface area contributed by atoms with Crippen LogP contribution in [-0.2, 0) is 11.2 Å². The number of amides is 3. The monoisotopic (exact) mass is 432 g/mol. The molecule has 2 heterocycles. The van der Waals surface area contributed by atoms with Crippen molar-refractivity contribution < 1.29 is 23.5 Å². The molecular weight excluding hydrogens is 411 g/mol. The van der Waals surface area contributed by atoms with E-state index >= 15 is 0 Å². The molecule has 30 heavy (non-hydrogen) atoms. The fourth-order valence-electron chi connectivity index (χ4n) is 4.07. The zero-order valence-electron chi connectivity index (χ0n) is 16.8. The van der Waals surface area contributed by atoms with E-state index in [9.17, 15) is 14.0 Å². The van der Waals surface area contributed by atoms with Gasteiger partial charge in [-0.1, -0.05) is 11.6 Å². The molecule has 0 bridgehead atoms. The van der Waals surface area contributed by atoms with Gasteiger partial charge in [0.05, 0.1) is 36.4 Å². The average Bonchev–Trinajstić information content (AvgIpc) is 2.71. The number of imide groups is 1. The number of carbonyl (C=O) groups excluding carboxylic acids is 2. The van der Waals surface area contributed by atoms with Crippen LogP contribution in [0.4, 0.5) is 14.9 Å². The Morgan fingerprint density at radius 1 is 1.10 bits per heavy atom. The topological polar surface area (TPSA) is 59.1 Å². The fourth-order valence-corrected chi connectivity index (χ4v) is 4.24. The molecule has 0 aliphatic carbocycles. The van der Waals surface area contributed by atoms with Gasteiger partial charge in [0.25, 0.3) is 0 Å². The molecule has 0 spiro atoms. The number of nitrogens with zero attached hydrogens (tertiary/aromatic N) is 2. The van der Waals surface area contributed by atoms with Crippen LogP contribution < -0.4 is 14.4 Å². The second-order valence-corrected chi connectivity index (χ2v) is 7.54. The molecule has 1 atom stereocenters. The molecule has 0 N–H and O–H groups in total. The minimum Gasteiger partial charge on any atom is -0.490 e. The highest BCUT2D eigenvalue weighted by molar-refractivity contribution is 6.31. The van der Waals surface area contributed by atoms with Crippen molar-refractivity contribution in [1.82, 2.24) is 4.90 Å². The van der Waals surface area contributed by atoms with Crippen molar-refractivity contribution in [2.75, 3.05) is 24.7 Å². The summed E-state index contributed by atoms with van der Waals surface area (Å²) in [6, 6.07) is 6.85. The zero-order chi connectivity index (χ0) is 21.4. The normalized spacial score (nSPS) is 18.2. The molecule has 2 aliphatic heterocycles. The minimum absolute atomic E-state index is 0.118. The summed E-state index contributed by atoms with van der Waals surface area (Å²) < 4.78 is 25.0. The number of hydrogen-bond acceptors (Lipinski definition) is 4. The Morgan fingerprint density at radius 3 is 2.47 bits per heavy atom. The number of rotatable bonds is 5. The zero-order valence-corrected chi connectivity index (χ0v) is 17.5. The van der Waals surface area contributed by atoms with Crippen molar-refractivity contribution in [1.29, 1.82) is 0 Å². The molecule has 2 aromatic rings. The number of fused-ring (bicyclic) bond motifs is 3. The Hall–Kier alpha value is -2.80. The predicted octanol–water partition coefficient (Wildman–Crippen LogP) is 4.73. The molecule has 4 rings (SSSR count). The first-order valence-electron chi connectivity index (χ1n) is 9.95. The van der Waals surface area contributed by atoms with Crippen LogP contribution in [0.25, 0.3) is 0 Å². The molecule has 0 saturated carbocycles. The lowest BCUT2D eigenvalue weighted by Crippen LogP contribution is -2.55. The Bertz CT molecular complexity index is 1010. The van der Waals surface area contributed by atoms with Gasteiger partial charge in [0.15, 0.2) is 11.5 Å². The van der Waals surface area contributed by atoms with E-state index in [0.717, 1.165) is 22.1 Å². The number of hydrogen-bond donors (Lipinski definition) is 0. The van der Waals surface area contributed by atoms with Crippen LogP contribution in [0.1, 0.15) is 37.4 Å². The lowest BCUT2D eigenvalue weighted by atomic mass is 9.88. The molecule has 0 aromatic heterocycles. The Balaban J connectivity index is 1.69. The van der Waals surface area contributed by atoms with Gasteiger partial charge in [-0.25, -0.2) is 14.1 Å². The predicted molar refractivity (Wildman–Crippen MR) is 111 cm³/mol. The molecule has 8 heteroatoms. The molecule has 3 amide bonds. The van der Waals surface area contributed by atoms with Gasteiger partial charge < -0.3 is 14.4 Å². The second-order valence-electron chi connectivity index (χ2n) is 7.14. The number of carbonyl (C=O) groups is 2. The van der Waals surface area contributed by atoms with Crippen LogP contribution in [0, 0.1) is 5.82 Å². The quantitative estimate of drug-likeness (QED) is 0.685.